The summed E-state index contributed by atoms with van der Waals surface area (Å²) < 4.78 is 18.8. The molecule has 1 nitrogen and oxygen atoms in total. The number of allylic oxidation sites excluding steroid dienone is 2. The topological polar surface area (TPSA) is 9.23 Å². The molecule has 0 bridgehead atoms. The molecule has 0 spiro atoms. The molecule has 2 rings (SSSR count). The summed E-state index contributed by atoms with van der Waals surface area (Å²) in [7, 11) is 0. The fourth-order valence-electron chi connectivity index (χ4n) is 1.49. The van der Waals surface area contributed by atoms with Crippen molar-refractivity contribution in [1.82, 2.24) is 0 Å². The first-order valence-corrected chi connectivity index (χ1v) is 5.48. The number of hydrogen-bond donors (Lipinski definition) is 0. The average molecular weight is 239 g/mol. The van der Waals surface area contributed by atoms with E-state index in [1.165, 1.54) is 6.07 Å². The van der Waals surface area contributed by atoms with Crippen LogP contribution in [0.4, 0.5) is 4.39 Å². The van der Waals surface area contributed by atoms with Crippen molar-refractivity contribution in [2.24, 2.45) is 0 Å². The lowest BCUT2D eigenvalue weighted by molar-refractivity contribution is 0.0404. The van der Waals surface area contributed by atoms with E-state index in [-0.39, 0.29) is 12.4 Å². The number of alkyl halides is 1. The van der Waals surface area contributed by atoms with E-state index in [4.69, 9.17) is 16.3 Å². The van der Waals surface area contributed by atoms with Gasteiger partial charge >= 0.3 is 0 Å². The Labute approximate surface area is 99.2 Å². The summed E-state index contributed by atoms with van der Waals surface area (Å²) in [5.74, 6) is -0.266. The molecule has 16 heavy (non-hydrogen) atoms. The Balaban J connectivity index is 2.00. The van der Waals surface area contributed by atoms with Gasteiger partial charge in [-0.3, -0.25) is 0 Å². The third-order valence-electron chi connectivity index (χ3n) is 2.41. The molecule has 0 N–H and O–H groups in total. The second-order valence-corrected chi connectivity index (χ2v) is 4.30. The predicted octanol–water partition coefficient (Wildman–Crippen LogP) is 3.79. The van der Waals surface area contributed by atoms with Gasteiger partial charge in [-0.2, -0.15) is 0 Å². The third-order valence-corrected chi connectivity index (χ3v) is 2.80. The zero-order valence-electron chi connectivity index (χ0n) is 8.70. The summed E-state index contributed by atoms with van der Waals surface area (Å²) in [6.07, 6.45) is 8.04. The molecular weight excluding hydrogens is 227 g/mol. The first kappa shape index (κ1) is 11.4. The lowest BCUT2D eigenvalue weighted by atomic mass is 10.1. The minimum Gasteiger partial charge on any atom is -0.351 e. The van der Waals surface area contributed by atoms with E-state index in [2.05, 4.69) is 0 Å². The van der Waals surface area contributed by atoms with Crippen LogP contribution in [-0.2, 0) is 11.3 Å². The molecule has 1 aromatic rings. The van der Waals surface area contributed by atoms with Crippen molar-refractivity contribution in [2.45, 2.75) is 18.1 Å². The standard InChI is InChI=1S/C13H12ClFO/c14-13(8-4-1-5-9-13)16-10-11-6-2-3-7-12(11)15/h1-8H,9-10H2. The molecule has 0 radical (unpaired) electrons. The van der Waals surface area contributed by atoms with Crippen LogP contribution in [0.15, 0.2) is 48.6 Å². The monoisotopic (exact) mass is 238 g/mol. The van der Waals surface area contributed by atoms with E-state index in [9.17, 15) is 4.39 Å². The fraction of sp³-hybridized carbons (Fsp3) is 0.231. The van der Waals surface area contributed by atoms with Gasteiger partial charge in [0.25, 0.3) is 0 Å². The maximum Gasteiger partial charge on any atom is 0.164 e. The predicted molar refractivity (Wildman–Crippen MR) is 62.7 cm³/mol. The summed E-state index contributed by atoms with van der Waals surface area (Å²) in [5.41, 5.74) is 0.519. The van der Waals surface area contributed by atoms with Crippen LogP contribution in [0, 0.1) is 5.82 Å². The van der Waals surface area contributed by atoms with E-state index >= 15 is 0 Å². The van der Waals surface area contributed by atoms with E-state index in [1.54, 1.807) is 24.3 Å². The first-order valence-electron chi connectivity index (χ1n) is 5.10. The van der Waals surface area contributed by atoms with Gasteiger partial charge in [0.05, 0.1) is 6.61 Å². The lowest BCUT2D eigenvalue weighted by Crippen LogP contribution is -2.23. The van der Waals surface area contributed by atoms with Crippen molar-refractivity contribution in [2.75, 3.05) is 0 Å². The van der Waals surface area contributed by atoms with Crippen molar-refractivity contribution in [1.29, 1.82) is 0 Å². The highest BCUT2D eigenvalue weighted by molar-refractivity contribution is 6.24. The van der Waals surface area contributed by atoms with Gasteiger partial charge in [0, 0.05) is 12.0 Å². The van der Waals surface area contributed by atoms with Gasteiger partial charge in [-0.1, -0.05) is 48.0 Å². The van der Waals surface area contributed by atoms with Crippen LogP contribution in [0.25, 0.3) is 0 Å². The quantitative estimate of drug-likeness (QED) is 0.728. The van der Waals surface area contributed by atoms with Gasteiger partial charge in [0.1, 0.15) is 5.82 Å². The van der Waals surface area contributed by atoms with E-state index in [0.717, 1.165) is 0 Å². The SMILES string of the molecule is Fc1ccccc1COC1(Cl)C=CC=CC1. The molecule has 1 unspecified atom stereocenters. The normalized spacial score (nSPS) is 23.6. The molecule has 0 aromatic heterocycles. The fourth-order valence-corrected chi connectivity index (χ4v) is 1.71. The maximum atomic E-state index is 13.3. The summed E-state index contributed by atoms with van der Waals surface area (Å²) in [4.78, 5) is 0. The molecule has 0 saturated carbocycles. The first-order chi connectivity index (χ1) is 7.70. The van der Waals surface area contributed by atoms with Crippen LogP contribution in [0.1, 0.15) is 12.0 Å². The molecule has 84 valence electrons. The second-order valence-electron chi connectivity index (χ2n) is 3.66. The van der Waals surface area contributed by atoms with Crippen LogP contribution in [0.5, 0.6) is 0 Å². The number of hydrogen-bond acceptors (Lipinski definition) is 1. The van der Waals surface area contributed by atoms with Crippen LogP contribution in [0.2, 0.25) is 0 Å². The molecule has 0 aliphatic heterocycles. The van der Waals surface area contributed by atoms with Gasteiger partial charge in [0.2, 0.25) is 0 Å². The zero-order valence-corrected chi connectivity index (χ0v) is 9.45. The zero-order chi connectivity index (χ0) is 11.4. The Morgan fingerprint density at radius 3 is 2.81 bits per heavy atom. The Kier molecular flexibility index (Phi) is 3.42. The Bertz CT molecular complexity index is 428. The summed E-state index contributed by atoms with van der Waals surface area (Å²) in [5, 5.41) is -0.836. The number of rotatable bonds is 3. The van der Waals surface area contributed by atoms with Crippen molar-refractivity contribution in [3.05, 3.63) is 60.0 Å². The van der Waals surface area contributed by atoms with Crippen LogP contribution in [-0.4, -0.2) is 5.06 Å². The summed E-state index contributed by atoms with van der Waals surface area (Å²) in [6, 6.07) is 6.53. The van der Waals surface area contributed by atoms with Gasteiger partial charge in [-0.15, -0.1) is 0 Å². The molecule has 0 amide bonds. The summed E-state index contributed by atoms with van der Waals surface area (Å²) >= 11 is 6.19. The van der Waals surface area contributed by atoms with Crippen molar-refractivity contribution in [3.8, 4) is 0 Å². The number of benzene rings is 1. The third kappa shape index (κ3) is 2.71. The molecule has 1 aromatic carbocycles. The van der Waals surface area contributed by atoms with E-state index < -0.39 is 5.06 Å². The van der Waals surface area contributed by atoms with Crippen LogP contribution < -0.4 is 0 Å². The van der Waals surface area contributed by atoms with Gasteiger partial charge in [0.15, 0.2) is 5.06 Å². The Morgan fingerprint density at radius 1 is 1.31 bits per heavy atom. The lowest BCUT2D eigenvalue weighted by Gasteiger charge is -2.24. The minimum absolute atomic E-state index is 0.175. The average Bonchev–Trinajstić information content (AvgIpc) is 2.29. The molecule has 1 aliphatic rings. The van der Waals surface area contributed by atoms with E-state index in [1.807, 2.05) is 18.2 Å². The smallest absolute Gasteiger partial charge is 0.164 e. The van der Waals surface area contributed by atoms with Crippen LogP contribution in [0.3, 0.4) is 0 Å². The minimum atomic E-state index is -0.836. The van der Waals surface area contributed by atoms with E-state index in [0.29, 0.717) is 12.0 Å². The maximum absolute atomic E-state index is 13.3. The largest absolute Gasteiger partial charge is 0.351 e. The van der Waals surface area contributed by atoms with Gasteiger partial charge < -0.3 is 4.74 Å². The highest BCUT2D eigenvalue weighted by Crippen LogP contribution is 2.28. The molecule has 0 heterocycles. The molecule has 1 aliphatic carbocycles. The highest BCUT2D eigenvalue weighted by Gasteiger charge is 2.24. The molecule has 0 fully saturated rings. The summed E-state index contributed by atoms with van der Waals surface area (Å²) in [6.45, 7) is 0.175. The van der Waals surface area contributed by atoms with Crippen molar-refractivity contribution in [3.63, 3.8) is 0 Å². The number of ether oxygens (including phenoxy) is 1. The molecular formula is C13H12ClFO. The number of halogens is 2. The van der Waals surface area contributed by atoms with Gasteiger partial charge in [-0.05, 0) is 12.1 Å². The Hall–Kier alpha value is -1.12. The van der Waals surface area contributed by atoms with Gasteiger partial charge in [-0.25, -0.2) is 4.39 Å². The Morgan fingerprint density at radius 2 is 2.12 bits per heavy atom. The van der Waals surface area contributed by atoms with Crippen molar-refractivity contribution >= 4 is 11.6 Å². The molecule has 1 atom stereocenters. The second kappa shape index (κ2) is 4.81. The van der Waals surface area contributed by atoms with Crippen LogP contribution >= 0.6 is 11.6 Å². The van der Waals surface area contributed by atoms with Crippen molar-refractivity contribution < 1.29 is 9.13 Å². The molecule has 3 heteroatoms. The molecule has 0 saturated heterocycles. The highest BCUT2D eigenvalue weighted by atomic mass is 35.5.